The van der Waals surface area contributed by atoms with E-state index in [9.17, 15) is 9.59 Å². The van der Waals surface area contributed by atoms with Gasteiger partial charge in [0.25, 0.3) is 11.8 Å². The van der Waals surface area contributed by atoms with E-state index in [4.69, 9.17) is 10.2 Å². The van der Waals surface area contributed by atoms with Crippen molar-refractivity contribution < 1.29 is 14.0 Å². The molecular weight excluding hydrogens is 388 g/mol. The van der Waals surface area contributed by atoms with E-state index in [1.54, 1.807) is 12.1 Å². The summed E-state index contributed by atoms with van der Waals surface area (Å²) in [6.07, 6.45) is 4.59. The number of carbonyl (C=O) groups is 2. The summed E-state index contributed by atoms with van der Waals surface area (Å²) in [5, 5.41) is 4.70. The monoisotopic (exact) mass is 410 g/mol. The molecule has 4 rings (SSSR count). The number of piperidine rings is 1. The summed E-state index contributed by atoms with van der Waals surface area (Å²) in [6, 6.07) is 9.34. The van der Waals surface area contributed by atoms with Gasteiger partial charge in [0, 0.05) is 24.0 Å². The van der Waals surface area contributed by atoms with Crippen molar-refractivity contribution in [2.45, 2.75) is 32.2 Å². The van der Waals surface area contributed by atoms with Gasteiger partial charge >= 0.3 is 0 Å². The minimum Gasteiger partial charge on any atom is -0.442 e. The van der Waals surface area contributed by atoms with Crippen LogP contribution in [0.2, 0.25) is 0 Å². The Kier molecular flexibility index (Phi) is 5.35. The second-order valence-electron chi connectivity index (χ2n) is 7.10. The summed E-state index contributed by atoms with van der Waals surface area (Å²) in [6.45, 7) is 3.03. The van der Waals surface area contributed by atoms with Gasteiger partial charge in [-0.05, 0) is 55.8 Å². The molecule has 3 N–H and O–H groups in total. The molecule has 0 aliphatic carbocycles. The van der Waals surface area contributed by atoms with Gasteiger partial charge in [-0.1, -0.05) is 6.07 Å². The lowest BCUT2D eigenvalue weighted by molar-refractivity contribution is 0.0996. The van der Waals surface area contributed by atoms with Crippen LogP contribution in [0.1, 0.15) is 47.0 Å². The standard InChI is InChI=1S/C21H22N4O3S/c1-13-5-2-3-9-25(13)16-8-7-14(11-15(16)20(22)26)24-21(27)18-19(28-12-23-18)17-6-4-10-29-17/h4,6-8,10-13H,2-3,5,9H2,1H3,(H2,22,26)(H,24,27)/t13-/m0/s1. The lowest BCUT2D eigenvalue weighted by atomic mass is 10.0. The highest BCUT2D eigenvalue weighted by Crippen LogP contribution is 2.31. The number of nitrogens with zero attached hydrogens (tertiary/aromatic N) is 2. The smallest absolute Gasteiger partial charge is 0.278 e. The first-order chi connectivity index (χ1) is 14.0. The third-order valence-electron chi connectivity index (χ3n) is 5.16. The highest BCUT2D eigenvalue weighted by Gasteiger charge is 2.24. The molecule has 29 heavy (non-hydrogen) atoms. The Morgan fingerprint density at radius 2 is 2.17 bits per heavy atom. The fourth-order valence-corrected chi connectivity index (χ4v) is 4.41. The molecule has 0 unspecified atom stereocenters. The molecule has 3 heterocycles. The van der Waals surface area contributed by atoms with Crippen molar-refractivity contribution in [1.29, 1.82) is 0 Å². The third kappa shape index (κ3) is 3.88. The maximum atomic E-state index is 12.8. The molecule has 150 valence electrons. The van der Waals surface area contributed by atoms with Crippen LogP contribution in [0.15, 0.2) is 46.5 Å². The van der Waals surface area contributed by atoms with Gasteiger partial charge in [0.15, 0.2) is 17.8 Å². The average molecular weight is 410 g/mol. The van der Waals surface area contributed by atoms with Gasteiger partial charge in [0.1, 0.15) is 0 Å². The maximum absolute atomic E-state index is 12.8. The van der Waals surface area contributed by atoms with Crippen molar-refractivity contribution in [1.82, 2.24) is 4.98 Å². The van der Waals surface area contributed by atoms with Crippen LogP contribution in [0.4, 0.5) is 11.4 Å². The van der Waals surface area contributed by atoms with Gasteiger partial charge in [0.2, 0.25) is 0 Å². The van der Waals surface area contributed by atoms with Crippen molar-refractivity contribution >= 4 is 34.5 Å². The molecule has 1 fully saturated rings. The molecule has 2 amide bonds. The first-order valence-electron chi connectivity index (χ1n) is 9.54. The number of oxazole rings is 1. The van der Waals surface area contributed by atoms with E-state index in [0.717, 1.165) is 30.0 Å². The van der Waals surface area contributed by atoms with Gasteiger partial charge in [-0.3, -0.25) is 9.59 Å². The zero-order chi connectivity index (χ0) is 20.4. The summed E-state index contributed by atoms with van der Waals surface area (Å²) in [5.41, 5.74) is 7.53. The summed E-state index contributed by atoms with van der Waals surface area (Å²) in [4.78, 5) is 31.9. The number of nitrogens with two attached hydrogens (primary N) is 1. The summed E-state index contributed by atoms with van der Waals surface area (Å²) in [7, 11) is 0. The van der Waals surface area contributed by atoms with Gasteiger partial charge in [-0.25, -0.2) is 4.98 Å². The normalized spacial score (nSPS) is 16.6. The lowest BCUT2D eigenvalue weighted by Gasteiger charge is -2.36. The fraction of sp³-hybridized carbons (Fsp3) is 0.286. The number of aromatic nitrogens is 1. The van der Waals surface area contributed by atoms with E-state index in [1.807, 2.05) is 23.6 Å². The van der Waals surface area contributed by atoms with Crippen molar-refractivity contribution in [3.8, 4) is 10.6 Å². The number of thiophene rings is 1. The van der Waals surface area contributed by atoms with Crippen LogP contribution in [-0.2, 0) is 0 Å². The number of rotatable bonds is 5. The first-order valence-corrected chi connectivity index (χ1v) is 10.4. The number of nitrogens with one attached hydrogen (secondary N) is 1. The number of benzene rings is 1. The third-order valence-corrected chi connectivity index (χ3v) is 6.03. The van der Waals surface area contributed by atoms with Crippen LogP contribution in [0.5, 0.6) is 0 Å². The molecule has 0 saturated carbocycles. The zero-order valence-corrected chi connectivity index (χ0v) is 16.9. The molecule has 7 nitrogen and oxygen atoms in total. The quantitative estimate of drug-likeness (QED) is 0.658. The fourth-order valence-electron chi connectivity index (χ4n) is 3.70. The van der Waals surface area contributed by atoms with Crippen molar-refractivity contribution in [2.75, 3.05) is 16.8 Å². The second kappa shape index (κ2) is 8.08. The molecule has 1 saturated heterocycles. The Morgan fingerprint density at radius 1 is 1.31 bits per heavy atom. The highest BCUT2D eigenvalue weighted by molar-refractivity contribution is 7.13. The average Bonchev–Trinajstić information content (AvgIpc) is 3.40. The largest absolute Gasteiger partial charge is 0.442 e. The number of hydrogen-bond donors (Lipinski definition) is 2. The van der Waals surface area contributed by atoms with Crippen LogP contribution in [0, 0.1) is 0 Å². The SMILES string of the molecule is C[C@H]1CCCCN1c1ccc(NC(=O)c2ncoc2-c2cccs2)cc1C(N)=O. The minimum absolute atomic E-state index is 0.196. The number of primary amides is 1. The molecule has 1 aliphatic heterocycles. The predicted octanol–water partition coefficient (Wildman–Crippen LogP) is 4.13. The Balaban J connectivity index is 1.60. The van der Waals surface area contributed by atoms with E-state index in [1.165, 1.54) is 24.2 Å². The van der Waals surface area contributed by atoms with E-state index >= 15 is 0 Å². The Labute approximate surface area is 172 Å². The summed E-state index contributed by atoms with van der Waals surface area (Å²) >= 11 is 1.46. The Morgan fingerprint density at radius 3 is 2.90 bits per heavy atom. The van der Waals surface area contributed by atoms with Crippen LogP contribution >= 0.6 is 11.3 Å². The van der Waals surface area contributed by atoms with Crippen LogP contribution < -0.4 is 16.0 Å². The van der Waals surface area contributed by atoms with Gasteiger partial charge in [0.05, 0.1) is 10.4 Å². The van der Waals surface area contributed by atoms with Gasteiger partial charge in [-0.15, -0.1) is 11.3 Å². The molecule has 2 aromatic heterocycles. The lowest BCUT2D eigenvalue weighted by Crippen LogP contribution is -2.38. The molecule has 8 heteroatoms. The number of carbonyl (C=O) groups excluding carboxylic acids is 2. The minimum atomic E-state index is -0.519. The maximum Gasteiger partial charge on any atom is 0.278 e. The second-order valence-corrected chi connectivity index (χ2v) is 8.04. The topological polar surface area (TPSA) is 101 Å². The number of hydrogen-bond acceptors (Lipinski definition) is 6. The van der Waals surface area contributed by atoms with Crippen molar-refractivity contribution in [3.05, 3.63) is 53.4 Å². The van der Waals surface area contributed by atoms with E-state index in [0.29, 0.717) is 23.1 Å². The molecule has 1 aromatic carbocycles. The van der Waals surface area contributed by atoms with Crippen LogP contribution in [0.3, 0.4) is 0 Å². The molecule has 3 aromatic rings. The summed E-state index contributed by atoms with van der Waals surface area (Å²) in [5.74, 6) is -0.502. The molecular formula is C21H22N4O3S. The molecule has 1 aliphatic rings. The first kappa shape index (κ1) is 19.2. The summed E-state index contributed by atoms with van der Waals surface area (Å²) < 4.78 is 5.40. The number of anilines is 2. The predicted molar refractivity (Wildman–Crippen MR) is 113 cm³/mol. The van der Waals surface area contributed by atoms with Crippen molar-refractivity contribution in [3.63, 3.8) is 0 Å². The number of amides is 2. The highest BCUT2D eigenvalue weighted by atomic mass is 32.1. The van der Waals surface area contributed by atoms with Gasteiger partial charge < -0.3 is 20.4 Å². The van der Waals surface area contributed by atoms with Gasteiger partial charge in [-0.2, -0.15) is 0 Å². The Bertz CT molecular complexity index is 1030. The van der Waals surface area contributed by atoms with Crippen molar-refractivity contribution in [2.24, 2.45) is 5.73 Å². The molecule has 0 radical (unpaired) electrons. The molecule has 1 atom stereocenters. The van der Waals surface area contributed by atoms with Crippen LogP contribution in [-0.4, -0.2) is 29.4 Å². The molecule has 0 spiro atoms. The van der Waals surface area contributed by atoms with Crippen LogP contribution in [0.25, 0.3) is 10.6 Å². The van der Waals surface area contributed by atoms with E-state index < -0.39 is 11.8 Å². The molecule has 0 bridgehead atoms. The zero-order valence-electron chi connectivity index (χ0n) is 16.1. The van der Waals surface area contributed by atoms with E-state index in [-0.39, 0.29) is 5.69 Å². The van der Waals surface area contributed by atoms with E-state index in [2.05, 4.69) is 22.1 Å². The Hall–Kier alpha value is -3.13.